The zero-order valence-electron chi connectivity index (χ0n) is 10.7. The molecule has 3 rings (SSSR count). The maximum atomic E-state index is 5.63. The Kier molecular flexibility index (Phi) is 3.62. The van der Waals surface area contributed by atoms with Crippen LogP contribution >= 0.6 is 22.7 Å². The largest absolute Gasteiger partial charge is 0.493 e. The van der Waals surface area contributed by atoms with Gasteiger partial charge in [0.1, 0.15) is 10.8 Å². The molecule has 2 heterocycles. The minimum atomic E-state index is 0.463. The predicted octanol–water partition coefficient (Wildman–Crippen LogP) is 3.31. The van der Waals surface area contributed by atoms with Gasteiger partial charge in [-0.25, -0.2) is 4.98 Å². The first-order chi connectivity index (χ1) is 9.78. The highest BCUT2D eigenvalue weighted by Gasteiger charge is 2.13. The second-order valence-electron chi connectivity index (χ2n) is 3.90. The molecule has 0 unspecified atom stereocenters. The van der Waals surface area contributed by atoms with Crippen LogP contribution in [0.1, 0.15) is 6.92 Å². The molecule has 0 aliphatic rings. The van der Waals surface area contributed by atoms with E-state index in [9.17, 15) is 0 Å². The maximum Gasteiger partial charge on any atom is 0.203 e. The van der Waals surface area contributed by atoms with Gasteiger partial charge in [0.25, 0.3) is 0 Å². The van der Waals surface area contributed by atoms with Crippen LogP contribution < -0.4 is 10.5 Å². The van der Waals surface area contributed by atoms with E-state index in [1.54, 1.807) is 17.5 Å². The number of hydrogen-bond acceptors (Lipinski definition) is 7. The fraction of sp³-hybridized carbons (Fsp3) is 0.154. The van der Waals surface area contributed by atoms with Crippen LogP contribution in [0.2, 0.25) is 0 Å². The first kappa shape index (κ1) is 13.0. The van der Waals surface area contributed by atoms with Gasteiger partial charge in [-0.1, -0.05) is 23.5 Å². The average molecular weight is 304 g/mol. The predicted molar refractivity (Wildman–Crippen MR) is 82.0 cm³/mol. The average Bonchev–Trinajstić information content (AvgIpc) is 3.08. The summed E-state index contributed by atoms with van der Waals surface area (Å²) in [6.45, 7) is 2.59. The molecule has 5 nitrogen and oxygen atoms in total. The summed E-state index contributed by atoms with van der Waals surface area (Å²) in [5, 5.41) is 10.0. The van der Waals surface area contributed by atoms with Crippen molar-refractivity contribution in [2.24, 2.45) is 0 Å². The molecule has 0 fully saturated rings. The maximum absolute atomic E-state index is 5.63. The number of aromatic nitrogens is 3. The van der Waals surface area contributed by atoms with Crippen molar-refractivity contribution < 1.29 is 4.74 Å². The molecule has 0 amide bonds. The number of para-hydroxylation sites is 1. The number of thiazole rings is 1. The number of rotatable bonds is 4. The van der Waals surface area contributed by atoms with Gasteiger partial charge in [0.2, 0.25) is 5.13 Å². The normalized spacial score (nSPS) is 10.7. The first-order valence-electron chi connectivity index (χ1n) is 6.05. The summed E-state index contributed by atoms with van der Waals surface area (Å²) in [7, 11) is 0. The Morgan fingerprint density at radius 2 is 2.00 bits per heavy atom. The van der Waals surface area contributed by atoms with Crippen LogP contribution in [0.15, 0.2) is 30.5 Å². The topological polar surface area (TPSA) is 73.9 Å². The fourth-order valence-corrected chi connectivity index (χ4v) is 3.35. The van der Waals surface area contributed by atoms with E-state index >= 15 is 0 Å². The summed E-state index contributed by atoms with van der Waals surface area (Å²) < 4.78 is 5.63. The van der Waals surface area contributed by atoms with Crippen molar-refractivity contribution in [3.05, 3.63) is 30.5 Å². The van der Waals surface area contributed by atoms with Gasteiger partial charge >= 0.3 is 0 Å². The molecule has 0 saturated carbocycles. The molecule has 0 saturated heterocycles. The van der Waals surface area contributed by atoms with Gasteiger partial charge in [-0.2, -0.15) is 0 Å². The Hall–Kier alpha value is -1.99. The molecule has 7 heteroatoms. The third-order valence-electron chi connectivity index (χ3n) is 2.57. The molecule has 2 N–H and O–H groups in total. The molecular weight excluding hydrogens is 292 g/mol. The highest BCUT2D eigenvalue weighted by Crippen LogP contribution is 2.37. The lowest BCUT2D eigenvalue weighted by Crippen LogP contribution is -1.93. The van der Waals surface area contributed by atoms with Gasteiger partial charge in [0, 0.05) is 6.20 Å². The summed E-state index contributed by atoms with van der Waals surface area (Å²) in [6.07, 6.45) is 1.79. The van der Waals surface area contributed by atoms with E-state index in [0.29, 0.717) is 11.7 Å². The minimum absolute atomic E-state index is 0.463. The smallest absolute Gasteiger partial charge is 0.203 e. The summed E-state index contributed by atoms with van der Waals surface area (Å²) in [6, 6.07) is 7.88. The zero-order valence-corrected chi connectivity index (χ0v) is 12.4. The lowest BCUT2D eigenvalue weighted by atomic mass is 10.2. The van der Waals surface area contributed by atoms with Gasteiger partial charge in [-0.15, -0.1) is 21.5 Å². The van der Waals surface area contributed by atoms with Crippen LogP contribution in [-0.2, 0) is 0 Å². The molecular formula is C13H12N4OS2. The van der Waals surface area contributed by atoms with E-state index in [-0.39, 0.29) is 0 Å². The highest BCUT2D eigenvalue weighted by molar-refractivity contribution is 7.24. The Labute approximate surface area is 124 Å². The van der Waals surface area contributed by atoms with E-state index in [1.165, 1.54) is 11.3 Å². The van der Waals surface area contributed by atoms with Crippen LogP contribution in [0.5, 0.6) is 5.75 Å². The quantitative estimate of drug-likeness (QED) is 0.800. The van der Waals surface area contributed by atoms with Crippen LogP contribution in [0.25, 0.3) is 20.5 Å². The summed E-state index contributed by atoms with van der Waals surface area (Å²) in [4.78, 5) is 5.41. The molecule has 1 aromatic carbocycles. The van der Waals surface area contributed by atoms with E-state index in [4.69, 9.17) is 10.5 Å². The highest BCUT2D eigenvalue weighted by atomic mass is 32.1. The lowest BCUT2D eigenvalue weighted by molar-refractivity contribution is 0.341. The number of anilines is 1. The molecule has 0 aliphatic carbocycles. The monoisotopic (exact) mass is 304 g/mol. The van der Waals surface area contributed by atoms with Crippen LogP contribution in [-0.4, -0.2) is 21.8 Å². The Balaban J connectivity index is 1.98. The number of nitrogen functional groups attached to an aromatic ring is 1. The minimum Gasteiger partial charge on any atom is -0.493 e. The van der Waals surface area contributed by atoms with Gasteiger partial charge in [-0.05, 0) is 19.1 Å². The molecule has 0 aliphatic heterocycles. The number of nitrogens with zero attached hydrogens (tertiary/aromatic N) is 3. The van der Waals surface area contributed by atoms with Gasteiger partial charge in [-0.3, -0.25) is 0 Å². The van der Waals surface area contributed by atoms with E-state index < -0.39 is 0 Å². The second kappa shape index (κ2) is 5.56. The molecule has 0 bridgehead atoms. The molecule has 0 spiro atoms. The third-order valence-corrected chi connectivity index (χ3v) is 4.53. The van der Waals surface area contributed by atoms with E-state index in [0.717, 1.165) is 26.2 Å². The number of hydrogen-bond donors (Lipinski definition) is 1. The Morgan fingerprint density at radius 1 is 1.15 bits per heavy atom. The first-order valence-corrected chi connectivity index (χ1v) is 7.68. The van der Waals surface area contributed by atoms with Crippen molar-refractivity contribution in [2.45, 2.75) is 6.92 Å². The fourth-order valence-electron chi connectivity index (χ4n) is 1.76. The van der Waals surface area contributed by atoms with Crippen LogP contribution in [0.4, 0.5) is 5.13 Å². The SMILES string of the molecule is CCOc1ccccc1-c1ncc(-c2nnc(N)s2)s1. The summed E-state index contributed by atoms with van der Waals surface area (Å²) in [5.41, 5.74) is 6.60. The van der Waals surface area contributed by atoms with Crippen molar-refractivity contribution in [1.82, 2.24) is 15.2 Å². The zero-order chi connectivity index (χ0) is 13.9. The third kappa shape index (κ3) is 2.50. The molecule has 0 radical (unpaired) electrons. The molecule has 0 atom stereocenters. The van der Waals surface area contributed by atoms with E-state index in [2.05, 4.69) is 15.2 Å². The van der Waals surface area contributed by atoms with Crippen molar-refractivity contribution in [2.75, 3.05) is 12.3 Å². The number of ether oxygens (including phenoxy) is 1. The standard InChI is InChI=1S/C13H12N4OS2/c1-2-18-9-6-4-3-5-8(9)11-15-7-10(19-11)12-16-17-13(14)20-12/h3-7H,2H2,1H3,(H2,14,17). The van der Waals surface area contributed by atoms with Gasteiger partial charge in [0.15, 0.2) is 5.01 Å². The lowest BCUT2D eigenvalue weighted by Gasteiger charge is -2.06. The van der Waals surface area contributed by atoms with Gasteiger partial charge < -0.3 is 10.5 Å². The van der Waals surface area contributed by atoms with Crippen molar-refractivity contribution >= 4 is 27.8 Å². The van der Waals surface area contributed by atoms with Crippen molar-refractivity contribution in [3.8, 4) is 26.2 Å². The van der Waals surface area contributed by atoms with E-state index in [1.807, 2.05) is 31.2 Å². The number of nitrogens with two attached hydrogens (primary N) is 1. The Morgan fingerprint density at radius 3 is 2.75 bits per heavy atom. The van der Waals surface area contributed by atoms with Crippen LogP contribution in [0, 0.1) is 0 Å². The molecule has 102 valence electrons. The van der Waals surface area contributed by atoms with Crippen molar-refractivity contribution in [1.29, 1.82) is 0 Å². The molecule has 2 aromatic heterocycles. The van der Waals surface area contributed by atoms with Gasteiger partial charge in [0.05, 0.1) is 17.0 Å². The number of benzene rings is 1. The summed E-state index contributed by atoms with van der Waals surface area (Å²) >= 11 is 2.91. The van der Waals surface area contributed by atoms with Crippen LogP contribution in [0.3, 0.4) is 0 Å². The Bertz CT molecular complexity index is 722. The second-order valence-corrected chi connectivity index (χ2v) is 5.94. The summed E-state index contributed by atoms with van der Waals surface area (Å²) in [5.74, 6) is 0.840. The van der Waals surface area contributed by atoms with Crippen molar-refractivity contribution in [3.63, 3.8) is 0 Å². The molecule has 20 heavy (non-hydrogen) atoms. The molecule has 3 aromatic rings.